The van der Waals surface area contributed by atoms with Gasteiger partial charge in [-0.25, -0.2) is 5.43 Å². The molecule has 0 aliphatic rings. The molecule has 5 heteroatoms. The van der Waals surface area contributed by atoms with Crippen molar-refractivity contribution in [2.45, 2.75) is 20.3 Å². The number of carbonyl (C=O) groups is 1. The Labute approximate surface area is 154 Å². The third-order valence-electron chi connectivity index (χ3n) is 3.79. The van der Waals surface area contributed by atoms with E-state index >= 15 is 0 Å². The van der Waals surface area contributed by atoms with Crippen molar-refractivity contribution in [2.75, 3.05) is 13.7 Å². The van der Waals surface area contributed by atoms with E-state index in [1.807, 2.05) is 44.2 Å². The molecule has 0 fully saturated rings. The molecular weight excluding hydrogens is 328 g/mol. The Morgan fingerprint density at radius 2 is 2.00 bits per heavy atom. The standard InChI is InChI=1S/C21H24N2O3/c1-5-6-17-8-10-19(20(12-17)25-4)26-14-21(24)23-22-13-18-9-7-15(2)11-16(18)3/h5,7-13H,1,6,14H2,2-4H3,(H,23,24)/b22-13-. The lowest BCUT2D eigenvalue weighted by Crippen LogP contribution is -2.24. The minimum Gasteiger partial charge on any atom is -0.493 e. The molecule has 2 aromatic carbocycles. The first-order valence-electron chi connectivity index (χ1n) is 8.33. The molecule has 1 amide bonds. The van der Waals surface area contributed by atoms with Crippen LogP contribution < -0.4 is 14.9 Å². The summed E-state index contributed by atoms with van der Waals surface area (Å²) in [6.07, 6.45) is 4.18. The normalized spacial score (nSPS) is 10.6. The van der Waals surface area contributed by atoms with E-state index in [0.29, 0.717) is 11.5 Å². The Bertz CT molecular complexity index is 813. The second kappa shape index (κ2) is 9.42. The number of rotatable bonds is 8. The highest BCUT2D eigenvalue weighted by Gasteiger charge is 2.08. The third-order valence-corrected chi connectivity index (χ3v) is 3.79. The molecule has 26 heavy (non-hydrogen) atoms. The fourth-order valence-electron chi connectivity index (χ4n) is 2.44. The van der Waals surface area contributed by atoms with E-state index in [4.69, 9.17) is 9.47 Å². The zero-order valence-corrected chi connectivity index (χ0v) is 15.4. The van der Waals surface area contributed by atoms with Crippen LogP contribution in [0.1, 0.15) is 22.3 Å². The molecular formula is C21H24N2O3. The summed E-state index contributed by atoms with van der Waals surface area (Å²) in [5, 5.41) is 3.98. The predicted octanol–water partition coefficient (Wildman–Crippen LogP) is 3.57. The zero-order chi connectivity index (χ0) is 18.9. The van der Waals surface area contributed by atoms with Crippen LogP contribution in [0.2, 0.25) is 0 Å². The first-order chi connectivity index (χ1) is 12.5. The van der Waals surface area contributed by atoms with Crippen LogP contribution in [0, 0.1) is 13.8 Å². The Morgan fingerprint density at radius 1 is 1.19 bits per heavy atom. The van der Waals surface area contributed by atoms with Gasteiger partial charge in [0.25, 0.3) is 5.91 Å². The predicted molar refractivity (Wildman–Crippen MR) is 104 cm³/mol. The Kier molecular flexibility index (Phi) is 6.97. The fourth-order valence-corrected chi connectivity index (χ4v) is 2.44. The van der Waals surface area contributed by atoms with Gasteiger partial charge in [0, 0.05) is 0 Å². The third kappa shape index (κ3) is 5.48. The van der Waals surface area contributed by atoms with Crippen LogP contribution in [0.4, 0.5) is 0 Å². The highest BCUT2D eigenvalue weighted by molar-refractivity contribution is 5.84. The lowest BCUT2D eigenvalue weighted by molar-refractivity contribution is -0.123. The SMILES string of the molecule is C=CCc1ccc(OCC(=O)N/N=C\c2ccc(C)cc2C)c(OC)c1. The van der Waals surface area contributed by atoms with E-state index in [1.165, 1.54) is 5.56 Å². The molecule has 2 aromatic rings. The Morgan fingerprint density at radius 3 is 2.69 bits per heavy atom. The number of hydrazone groups is 1. The number of nitrogens with zero attached hydrogens (tertiary/aromatic N) is 1. The number of amides is 1. The Balaban J connectivity index is 1.90. The van der Waals surface area contributed by atoms with Crippen molar-refractivity contribution in [3.05, 3.63) is 71.3 Å². The van der Waals surface area contributed by atoms with Crippen molar-refractivity contribution in [3.63, 3.8) is 0 Å². The molecule has 0 aliphatic heterocycles. The van der Waals surface area contributed by atoms with Gasteiger partial charge < -0.3 is 9.47 Å². The number of methoxy groups -OCH3 is 1. The number of allylic oxidation sites excluding steroid dienone is 1. The average Bonchev–Trinajstić information content (AvgIpc) is 2.62. The minimum atomic E-state index is -0.344. The summed E-state index contributed by atoms with van der Waals surface area (Å²) in [5.74, 6) is 0.744. The quantitative estimate of drug-likeness (QED) is 0.449. The molecule has 5 nitrogen and oxygen atoms in total. The highest BCUT2D eigenvalue weighted by atomic mass is 16.5. The van der Waals surface area contributed by atoms with Crippen LogP contribution in [0.3, 0.4) is 0 Å². The Hall–Kier alpha value is -3.08. The molecule has 0 heterocycles. The molecule has 0 aliphatic carbocycles. The smallest absolute Gasteiger partial charge is 0.277 e. The van der Waals surface area contributed by atoms with Gasteiger partial charge in [-0.05, 0) is 49.1 Å². The molecule has 0 bridgehead atoms. The number of carbonyl (C=O) groups excluding carboxylic acids is 1. The van der Waals surface area contributed by atoms with Crippen LogP contribution in [-0.2, 0) is 11.2 Å². The monoisotopic (exact) mass is 352 g/mol. The molecule has 0 saturated heterocycles. The fraction of sp³-hybridized carbons (Fsp3) is 0.238. The van der Waals surface area contributed by atoms with Crippen molar-refractivity contribution in [1.82, 2.24) is 5.43 Å². The second-order valence-corrected chi connectivity index (χ2v) is 5.92. The molecule has 0 atom stereocenters. The van der Waals surface area contributed by atoms with Crippen molar-refractivity contribution in [2.24, 2.45) is 5.10 Å². The van der Waals surface area contributed by atoms with Crippen molar-refractivity contribution >= 4 is 12.1 Å². The average molecular weight is 352 g/mol. The summed E-state index contributed by atoms with van der Waals surface area (Å²) >= 11 is 0. The lowest BCUT2D eigenvalue weighted by Gasteiger charge is -2.11. The van der Waals surface area contributed by atoms with E-state index in [-0.39, 0.29) is 12.5 Å². The topological polar surface area (TPSA) is 59.9 Å². The van der Waals surface area contributed by atoms with E-state index in [0.717, 1.165) is 23.1 Å². The number of nitrogens with one attached hydrogen (secondary N) is 1. The summed E-state index contributed by atoms with van der Waals surface area (Å²) in [6.45, 7) is 7.60. The van der Waals surface area contributed by atoms with Gasteiger partial charge in [0.2, 0.25) is 0 Å². The van der Waals surface area contributed by atoms with Gasteiger partial charge in [-0.3, -0.25) is 4.79 Å². The summed E-state index contributed by atoms with van der Waals surface area (Å²) in [4.78, 5) is 11.9. The van der Waals surface area contributed by atoms with Crippen LogP contribution in [-0.4, -0.2) is 25.8 Å². The molecule has 0 aromatic heterocycles. The summed E-state index contributed by atoms with van der Waals surface area (Å²) < 4.78 is 10.8. The summed E-state index contributed by atoms with van der Waals surface area (Å²) in [7, 11) is 1.56. The maximum Gasteiger partial charge on any atom is 0.277 e. The van der Waals surface area contributed by atoms with Crippen LogP contribution in [0.5, 0.6) is 11.5 Å². The van der Waals surface area contributed by atoms with E-state index in [1.54, 1.807) is 19.4 Å². The van der Waals surface area contributed by atoms with Gasteiger partial charge in [0.15, 0.2) is 18.1 Å². The first-order valence-corrected chi connectivity index (χ1v) is 8.33. The molecule has 0 unspecified atom stereocenters. The number of hydrogen-bond donors (Lipinski definition) is 1. The molecule has 0 saturated carbocycles. The summed E-state index contributed by atoms with van der Waals surface area (Å²) in [5.41, 5.74) is 6.77. The number of aryl methyl sites for hydroxylation is 2. The van der Waals surface area contributed by atoms with E-state index in [9.17, 15) is 4.79 Å². The van der Waals surface area contributed by atoms with Crippen LogP contribution in [0.25, 0.3) is 0 Å². The number of benzene rings is 2. The van der Waals surface area contributed by atoms with Gasteiger partial charge in [0.1, 0.15) is 0 Å². The van der Waals surface area contributed by atoms with Gasteiger partial charge in [0.05, 0.1) is 13.3 Å². The maximum absolute atomic E-state index is 11.9. The lowest BCUT2D eigenvalue weighted by atomic mass is 10.1. The second-order valence-electron chi connectivity index (χ2n) is 5.92. The van der Waals surface area contributed by atoms with Gasteiger partial charge in [-0.15, -0.1) is 6.58 Å². The molecule has 0 spiro atoms. The largest absolute Gasteiger partial charge is 0.493 e. The van der Waals surface area contributed by atoms with Gasteiger partial charge in [-0.2, -0.15) is 5.10 Å². The number of ether oxygens (including phenoxy) is 2. The minimum absolute atomic E-state index is 0.151. The summed E-state index contributed by atoms with van der Waals surface area (Å²) in [6, 6.07) is 11.6. The van der Waals surface area contributed by atoms with E-state index in [2.05, 4.69) is 23.2 Å². The van der Waals surface area contributed by atoms with Gasteiger partial charge in [-0.1, -0.05) is 35.9 Å². The maximum atomic E-state index is 11.9. The van der Waals surface area contributed by atoms with Gasteiger partial charge >= 0.3 is 0 Å². The first kappa shape index (κ1) is 19.2. The van der Waals surface area contributed by atoms with Crippen LogP contribution in [0.15, 0.2) is 54.2 Å². The highest BCUT2D eigenvalue weighted by Crippen LogP contribution is 2.28. The van der Waals surface area contributed by atoms with Crippen molar-refractivity contribution < 1.29 is 14.3 Å². The van der Waals surface area contributed by atoms with Crippen molar-refractivity contribution in [1.29, 1.82) is 0 Å². The molecule has 1 N–H and O–H groups in total. The molecule has 0 radical (unpaired) electrons. The van der Waals surface area contributed by atoms with Crippen molar-refractivity contribution in [3.8, 4) is 11.5 Å². The molecule has 136 valence electrons. The molecule has 2 rings (SSSR count). The van der Waals surface area contributed by atoms with Crippen LogP contribution >= 0.6 is 0 Å². The number of hydrogen-bond acceptors (Lipinski definition) is 4. The van der Waals surface area contributed by atoms with E-state index < -0.39 is 0 Å². The zero-order valence-electron chi connectivity index (χ0n) is 15.4.